The summed E-state index contributed by atoms with van der Waals surface area (Å²) in [6.07, 6.45) is 0. The summed E-state index contributed by atoms with van der Waals surface area (Å²) in [5.41, 5.74) is 0.232. The molecule has 0 amide bonds. The minimum absolute atomic E-state index is 0.176. The molecule has 1 aromatic carbocycles. The van der Waals surface area contributed by atoms with Gasteiger partial charge in [0.1, 0.15) is 0 Å². The molecule has 0 aliphatic heterocycles. The van der Waals surface area contributed by atoms with E-state index >= 15 is 0 Å². The van der Waals surface area contributed by atoms with E-state index < -0.39 is 10.9 Å². The Labute approximate surface area is 118 Å². The molecule has 0 saturated carbocycles. The third kappa shape index (κ3) is 3.10. The summed E-state index contributed by atoms with van der Waals surface area (Å²) in [5, 5.41) is 31.2. The van der Waals surface area contributed by atoms with Crippen LogP contribution in [0.15, 0.2) is 36.4 Å². The SMILES string of the molecule is N#Cc1ccc(Nc2nc(C(=O)O)ccc2[N+](=O)[O-])cc1. The fourth-order valence-electron chi connectivity index (χ4n) is 1.58. The first-order valence-corrected chi connectivity index (χ1v) is 5.67. The zero-order chi connectivity index (χ0) is 15.4. The summed E-state index contributed by atoms with van der Waals surface area (Å²) in [5.74, 6) is -1.46. The fraction of sp³-hybridized carbons (Fsp3) is 0. The molecular weight excluding hydrogens is 276 g/mol. The van der Waals surface area contributed by atoms with Crippen molar-refractivity contribution in [3.05, 3.63) is 57.8 Å². The molecular formula is C13H8N4O4. The Morgan fingerprint density at radius 2 is 1.95 bits per heavy atom. The van der Waals surface area contributed by atoms with Crippen molar-refractivity contribution in [3.8, 4) is 6.07 Å². The molecule has 2 rings (SSSR count). The van der Waals surface area contributed by atoms with Crippen LogP contribution >= 0.6 is 0 Å². The number of aromatic carboxylic acids is 1. The maximum Gasteiger partial charge on any atom is 0.354 e. The van der Waals surface area contributed by atoms with Crippen LogP contribution in [-0.2, 0) is 0 Å². The molecule has 8 nitrogen and oxygen atoms in total. The number of rotatable bonds is 4. The Balaban J connectivity index is 2.40. The summed E-state index contributed by atoms with van der Waals surface area (Å²) < 4.78 is 0. The summed E-state index contributed by atoms with van der Waals surface area (Å²) in [7, 11) is 0. The number of carbonyl (C=O) groups is 1. The Kier molecular flexibility index (Phi) is 3.76. The molecule has 2 N–H and O–H groups in total. The Hall–Kier alpha value is -3.47. The summed E-state index contributed by atoms with van der Waals surface area (Å²) in [6.45, 7) is 0. The first-order valence-electron chi connectivity index (χ1n) is 5.67. The van der Waals surface area contributed by atoms with Gasteiger partial charge in [0.05, 0.1) is 16.6 Å². The van der Waals surface area contributed by atoms with Crippen molar-refractivity contribution < 1.29 is 14.8 Å². The van der Waals surface area contributed by atoms with E-state index in [2.05, 4.69) is 10.3 Å². The third-order valence-corrected chi connectivity index (χ3v) is 2.57. The van der Waals surface area contributed by atoms with E-state index in [1.807, 2.05) is 6.07 Å². The van der Waals surface area contributed by atoms with Crippen LogP contribution < -0.4 is 5.32 Å². The second kappa shape index (κ2) is 5.66. The van der Waals surface area contributed by atoms with E-state index in [4.69, 9.17) is 10.4 Å². The molecule has 0 spiro atoms. The molecule has 0 aliphatic carbocycles. The molecule has 0 aliphatic rings. The van der Waals surface area contributed by atoms with Gasteiger partial charge in [-0.3, -0.25) is 10.1 Å². The molecule has 2 aromatic rings. The van der Waals surface area contributed by atoms with Crippen LogP contribution in [0.3, 0.4) is 0 Å². The summed E-state index contributed by atoms with van der Waals surface area (Å²) in [6, 6.07) is 10.2. The average molecular weight is 284 g/mol. The number of aromatic nitrogens is 1. The standard InChI is InChI=1S/C13H8N4O4/c14-7-8-1-3-9(4-2-8)15-12-11(17(20)21)6-5-10(16-12)13(18)19/h1-6H,(H,15,16)(H,18,19). The number of nitriles is 1. The number of hydrogen-bond acceptors (Lipinski definition) is 6. The molecule has 0 bridgehead atoms. The van der Waals surface area contributed by atoms with Gasteiger partial charge < -0.3 is 10.4 Å². The van der Waals surface area contributed by atoms with Crippen molar-refractivity contribution in [1.82, 2.24) is 4.98 Å². The Bertz CT molecular complexity index is 750. The minimum Gasteiger partial charge on any atom is -0.477 e. The van der Waals surface area contributed by atoms with E-state index in [-0.39, 0.29) is 17.2 Å². The van der Waals surface area contributed by atoms with Gasteiger partial charge >= 0.3 is 11.7 Å². The van der Waals surface area contributed by atoms with Crippen molar-refractivity contribution in [2.45, 2.75) is 0 Å². The third-order valence-electron chi connectivity index (χ3n) is 2.57. The van der Waals surface area contributed by atoms with Crippen molar-refractivity contribution in [1.29, 1.82) is 5.26 Å². The zero-order valence-corrected chi connectivity index (χ0v) is 10.5. The van der Waals surface area contributed by atoms with Crippen molar-refractivity contribution in [3.63, 3.8) is 0 Å². The van der Waals surface area contributed by atoms with Gasteiger partial charge in [-0.1, -0.05) is 0 Å². The highest BCUT2D eigenvalue weighted by molar-refractivity contribution is 5.86. The number of carboxylic acid groups (broad SMARTS) is 1. The molecule has 104 valence electrons. The molecule has 1 aromatic heterocycles. The Morgan fingerprint density at radius 3 is 2.48 bits per heavy atom. The van der Waals surface area contributed by atoms with Crippen LogP contribution in [0.5, 0.6) is 0 Å². The van der Waals surface area contributed by atoms with E-state index in [1.165, 1.54) is 24.3 Å². The second-order valence-electron chi connectivity index (χ2n) is 3.94. The predicted octanol–water partition coefficient (Wildman–Crippen LogP) is 2.30. The van der Waals surface area contributed by atoms with Crippen LogP contribution in [0.25, 0.3) is 0 Å². The lowest BCUT2D eigenvalue weighted by atomic mass is 10.2. The molecule has 1 heterocycles. The highest BCUT2D eigenvalue weighted by atomic mass is 16.6. The maximum absolute atomic E-state index is 10.9. The highest BCUT2D eigenvalue weighted by Gasteiger charge is 2.18. The van der Waals surface area contributed by atoms with Gasteiger partial charge in [-0.2, -0.15) is 5.26 Å². The smallest absolute Gasteiger partial charge is 0.354 e. The van der Waals surface area contributed by atoms with Crippen LogP contribution in [0.1, 0.15) is 16.1 Å². The summed E-state index contributed by atoms with van der Waals surface area (Å²) >= 11 is 0. The van der Waals surface area contributed by atoms with E-state index in [1.54, 1.807) is 0 Å². The number of hydrogen-bond donors (Lipinski definition) is 2. The number of carboxylic acids is 1. The second-order valence-corrected chi connectivity index (χ2v) is 3.94. The zero-order valence-electron chi connectivity index (χ0n) is 10.5. The number of nitro groups is 1. The lowest BCUT2D eigenvalue weighted by molar-refractivity contribution is -0.384. The lowest BCUT2D eigenvalue weighted by Crippen LogP contribution is -2.05. The number of nitrogens with zero attached hydrogens (tertiary/aromatic N) is 3. The molecule has 8 heteroatoms. The van der Waals surface area contributed by atoms with Gasteiger partial charge in [-0.25, -0.2) is 9.78 Å². The van der Waals surface area contributed by atoms with Gasteiger partial charge in [0, 0.05) is 11.8 Å². The average Bonchev–Trinajstić information content (AvgIpc) is 2.47. The van der Waals surface area contributed by atoms with Gasteiger partial charge in [0.15, 0.2) is 5.69 Å². The number of nitrogens with one attached hydrogen (secondary N) is 1. The first-order chi connectivity index (χ1) is 10.0. The fourth-order valence-corrected chi connectivity index (χ4v) is 1.58. The van der Waals surface area contributed by atoms with Crippen molar-refractivity contribution >= 4 is 23.2 Å². The number of anilines is 2. The van der Waals surface area contributed by atoms with Gasteiger partial charge in [-0.05, 0) is 30.3 Å². The molecule has 21 heavy (non-hydrogen) atoms. The quantitative estimate of drug-likeness (QED) is 0.650. The highest BCUT2D eigenvalue weighted by Crippen LogP contribution is 2.25. The van der Waals surface area contributed by atoms with Crippen molar-refractivity contribution in [2.24, 2.45) is 0 Å². The monoisotopic (exact) mass is 284 g/mol. The van der Waals surface area contributed by atoms with Crippen molar-refractivity contribution in [2.75, 3.05) is 5.32 Å². The van der Waals surface area contributed by atoms with Crippen LogP contribution in [0, 0.1) is 21.4 Å². The minimum atomic E-state index is -1.28. The largest absolute Gasteiger partial charge is 0.477 e. The van der Waals surface area contributed by atoms with E-state index in [9.17, 15) is 14.9 Å². The maximum atomic E-state index is 10.9. The normalized spacial score (nSPS) is 9.67. The summed E-state index contributed by atoms with van der Waals surface area (Å²) in [4.78, 5) is 24.9. The van der Waals surface area contributed by atoms with Crippen LogP contribution in [-0.4, -0.2) is 21.0 Å². The first kappa shape index (κ1) is 14.0. The van der Waals surface area contributed by atoms with Gasteiger partial charge in [0.25, 0.3) is 0 Å². The number of benzene rings is 1. The molecule has 0 saturated heterocycles. The Morgan fingerprint density at radius 1 is 1.29 bits per heavy atom. The topological polar surface area (TPSA) is 129 Å². The lowest BCUT2D eigenvalue weighted by Gasteiger charge is -2.07. The van der Waals surface area contributed by atoms with Gasteiger partial charge in [-0.15, -0.1) is 0 Å². The van der Waals surface area contributed by atoms with E-state index in [0.717, 1.165) is 12.1 Å². The van der Waals surface area contributed by atoms with E-state index in [0.29, 0.717) is 11.3 Å². The molecule has 0 fully saturated rings. The molecule has 0 radical (unpaired) electrons. The van der Waals surface area contributed by atoms with Crippen LogP contribution in [0.4, 0.5) is 17.2 Å². The molecule has 0 atom stereocenters. The van der Waals surface area contributed by atoms with Crippen LogP contribution in [0.2, 0.25) is 0 Å². The predicted molar refractivity (Wildman–Crippen MR) is 72.3 cm³/mol. The van der Waals surface area contributed by atoms with Gasteiger partial charge in [0.2, 0.25) is 5.82 Å². The number of pyridine rings is 1. The molecule has 0 unspecified atom stereocenters.